The van der Waals surface area contributed by atoms with Crippen LogP contribution in [0.4, 0.5) is 0 Å². The highest BCUT2D eigenvalue weighted by Gasteiger charge is 2.12. The Bertz CT molecular complexity index is 78.0. The zero-order valence-corrected chi connectivity index (χ0v) is 6.45. The minimum absolute atomic E-state index is 0.144. The Morgan fingerprint density at radius 3 is 2.30 bits per heavy atom. The summed E-state index contributed by atoms with van der Waals surface area (Å²) in [5.74, 6) is 0. The van der Waals surface area contributed by atoms with E-state index >= 15 is 0 Å². The van der Waals surface area contributed by atoms with E-state index in [-0.39, 0.29) is 6.54 Å². The van der Waals surface area contributed by atoms with Gasteiger partial charge in [-0.3, -0.25) is 0 Å². The van der Waals surface area contributed by atoms with Crippen LogP contribution in [0.5, 0.6) is 0 Å². The first kappa shape index (κ1) is 9.88. The van der Waals surface area contributed by atoms with Crippen molar-refractivity contribution in [1.82, 2.24) is 0 Å². The van der Waals surface area contributed by atoms with Gasteiger partial charge in [-0.05, 0) is 6.42 Å². The lowest BCUT2D eigenvalue weighted by molar-refractivity contribution is 0.0191. The van der Waals surface area contributed by atoms with E-state index in [1.807, 2.05) is 6.92 Å². The van der Waals surface area contributed by atoms with Gasteiger partial charge in [-0.25, -0.2) is 0 Å². The molecule has 0 aliphatic heterocycles. The normalized spacial score (nSPS) is 16.8. The molecule has 0 aromatic heterocycles. The van der Waals surface area contributed by atoms with Gasteiger partial charge in [0.15, 0.2) is 0 Å². The molecule has 2 atom stereocenters. The second-order valence-electron chi connectivity index (χ2n) is 2.51. The van der Waals surface area contributed by atoms with Crippen molar-refractivity contribution in [2.24, 2.45) is 5.73 Å². The van der Waals surface area contributed by atoms with E-state index in [9.17, 15) is 0 Å². The van der Waals surface area contributed by atoms with E-state index in [2.05, 4.69) is 0 Å². The van der Waals surface area contributed by atoms with Crippen LogP contribution >= 0.6 is 0 Å². The van der Waals surface area contributed by atoms with Crippen LogP contribution in [0.1, 0.15) is 26.2 Å². The zero-order chi connectivity index (χ0) is 7.98. The van der Waals surface area contributed by atoms with Crippen LogP contribution in [0.3, 0.4) is 0 Å². The Hall–Kier alpha value is -0.120. The predicted molar refractivity (Wildman–Crippen MR) is 40.6 cm³/mol. The molecule has 0 saturated carbocycles. The van der Waals surface area contributed by atoms with E-state index in [1.54, 1.807) is 0 Å². The molecule has 0 spiro atoms. The van der Waals surface area contributed by atoms with Crippen molar-refractivity contribution in [2.45, 2.75) is 38.4 Å². The van der Waals surface area contributed by atoms with Crippen molar-refractivity contribution < 1.29 is 10.2 Å². The molecule has 10 heavy (non-hydrogen) atoms. The van der Waals surface area contributed by atoms with Crippen LogP contribution in [0, 0.1) is 0 Å². The van der Waals surface area contributed by atoms with Crippen molar-refractivity contribution in [3.63, 3.8) is 0 Å². The molecule has 0 rings (SSSR count). The average Bonchev–Trinajstić information content (AvgIpc) is 1.98. The highest BCUT2D eigenvalue weighted by molar-refractivity contribution is 4.66. The molecule has 62 valence electrons. The maximum atomic E-state index is 9.12. The average molecular weight is 147 g/mol. The number of nitrogens with two attached hydrogens (primary N) is 1. The summed E-state index contributed by atoms with van der Waals surface area (Å²) in [5, 5.41) is 18.1. The molecular weight excluding hydrogens is 130 g/mol. The summed E-state index contributed by atoms with van der Waals surface area (Å²) in [5.41, 5.74) is 5.13. The molecule has 0 aliphatic rings. The third-order valence-electron chi connectivity index (χ3n) is 1.54. The SMILES string of the molecule is CCCCC(O)C(O)CN. The second kappa shape index (κ2) is 5.65. The quantitative estimate of drug-likeness (QED) is 0.507. The van der Waals surface area contributed by atoms with Gasteiger partial charge in [-0.1, -0.05) is 19.8 Å². The molecule has 2 unspecified atom stereocenters. The molecule has 0 fully saturated rings. The first-order valence-electron chi connectivity index (χ1n) is 3.78. The first-order valence-corrected chi connectivity index (χ1v) is 3.78. The molecule has 0 radical (unpaired) electrons. The van der Waals surface area contributed by atoms with Crippen molar-refractivity contribution >= 4 is 0 Å². The van der Waals surface area contributed by atoms with Crippen LogP contribution in [-0.4, -0.2) is 29.0 Å². The summed E-state index contributed by atoms with van der Waals surface area (Å²) in [6.45, 7) is 2.19. The minimum atomic E-state index is -0.744. The standard InChI is InChI=1S/C7H17NO2/c1-2-3-4-6(9)7(10)5-8/h6-7,9-10H,2-5,8H2,1H3. The Balaban J connectivity index is 3.31. The fourth-order valence-electron chi connectivity index (χ4n) is 0.763. The van der Waals surface area contributed by atoms with E-state index < -0.39 is 12.2 Å². The summed E-state index contributed by atoms with van der Waals surface area (Å²) in [6.07, 6.45) is 1.25. The fourth-order valence-corrected chi connectivity index (χ4v) is 0.763. The number of hydrogen-bond donors (Lipinski definition) is 3. The van der Waals surface area contributed by atoms with Crippen molar-refractivity contribution in [3.05, 3.63) is 0 Å². The largest absolute Gasteiger partial charge is 0.390 e. The lowest BCUT2D eigenvalue weighted by Gasteiger charge is -2.14. The van der Waals surface area contributed by atoms with Gasteiger partial charge < -0.3 is 15.9 Å². The van der Waals surface area contributed by atoms with Gasteiger partial charge in [-0.15, -0.1) is 0 Å². The number of aliphatic hydroxyl groups excluding tert-OH is 2. The third kappa shape index (κ3) is 3.82. The van der Waals surface area contributed by atoms with Crippen LogP contribution in [-0.2, 0) is 0 Å². The summed E-state index contributed by atoms with van der Waals surface area (Å²) in [4.78, 5) is 0. The molecule has 0 heterocycles. The van der Waals surface area contributed by atoms with E-state index in [4.69, 9.17) is 15.9 Å². The summed E-state index contributed by atoms with van der Waals surface area (Å²) in [7, 11) is 0. The van der Waals surface area contributed by atoms with Gasteiger partial charge in [0, 0.05) is 6.54 Å². The van der Waals surface area contributed by atoms with E-state index in [0.717, 1.165) is 12.8 Å². The summed E-state index contributed by atoms with van der Waals surface area (Å²) < 4.78 is 0. The lowest BCUT2D eigenvalue weighted by Crippen LogP contribution is -2.32. The predicted octanol–water partition coefficient (Wildman–Crippen LogP) is -0.143. The fraction of sp³-hybridized carbons (Fsp3) is 1.00. The maximum Gasteiger partial charge on any atom is 0.0920 e. The van der Waals surface area contributed by atoms with E-state index in [0.29, 0.717) is 6.42 Å². The molecule has 0 aromatic rings. The van der Waals surface area contributed by atoms with Crippen molar-refractivity contribution in [1.29, 1.82) is 0 Å². The van der Waals surface area contributed by atoms with Gasteiger partial charge in [0.2, 0.25) is 0 Å². The molecule has 0 saturated heterocycles. The van der Waals surface area contributed by atoms with Crippen LogP contribution in [0.15, 0.2) is 0 Å². The maximum absolute atomic E-state index is 9.12. The summed E-state index contributed by atoms with van der Waals surface area (Å²) in [6, 6.07) is 0. The van der Waals surface area contributed by atoms with Gasteiger partial charge in [0.1, 0.15) is 0 Å². The molecule has 3 heteroatoms. The van der Waals surface area contributed by atoms with E-state index in [1.165, 1.54) is 0 Å². The van der Waals surface area contributed by atoms with Crippen molar-refractivity contribution in [3.8, 4) is 0 Å². The highest BCUT2D eigenvalue weighted by Crippen LogP contribution is 2.03. The van der Waals surface area contributed by atoms with Gasteiger partial charge in [0.25, 0.3) is 0 Å². The third-order valence-corrected chi connectivity index (χ3v) is 1.54. The molecule has 0 bridgehead atoms. The minimum Gasteiger partial charge on any atom is -0.390 e. The topological polar surface area (TPSA) is 66.5 Å². The smallest absolute Gasteiger partial charge is 0.0920 e. The Morgan fingerprint density at radius 1 is 1.30 bits per heavy atom. The second-order valence-corrected chi connectivity index (χ2v) is 2.51. The lowest BCUT2D eigenvalue weighted by atomic mass is 10.1. The summed E-state index contributed by atoms with van der Waals surface area (Å²) >= 11 is 0. The molecule has 3 nitrogen and oxygen atoms in total. The molecule has 4 N–H and O–H groups in total. The molecule has 0 amide bonds. The number of hydrogen-bond acceptors (Lipinski definition) is 3. The number of aliphatic hydroxyl groups is 2. The molecule has 0 aromatic carbocycles. The van der Waals surface area contributed by atoms with Crippen LogP contribution < -0.4 is 5.73 Å². The molecule has 0 aliphatic carbocycles. The molecular formula is C7H17NO2. The number of rotatable bonds is 5. The number of unbranched alkanes of at least 4 members (excludes halogenated alkanes) is 1. The zero-order valence-electron chi connectivity index (χ0n) is 6.45. The van der Waals surface area contributed by atoms with Gasteiger partial charge in [0.05, 0.1) is 12.2 Å². The Labute approximate surface area is 61.9 Å². The highest BCUT2D eigenvalue weighted by atomic mass is 16.3. The Morgan fingerprint density at radius 2 is 1.90 bits per heavy atom. The first-order chi connectivity index (χ1) is 4.72. The Kier molecular flexibility index (Phi) is 5.58. The monoisotopic (exact) mass is 147 g/mol. The van der Waals surface area contributed by atoms with Gasteiger partial charge in [-0.2, -0.15) is 0 Å². The van der Waals surface area contributed by atoms with Crippen LogP contribution in [0.25, 0.3) is 0 Å². The van der Waals surface area contributed by atoms with Gasteiger partial charge >= 0.3 is 0 Å². The van der Waals surface area contributed by atoms with Crippen molar-refractivity contribution in [2.75, 3.05) is 6.54 Å². The van der Waals surface area contributed by atoms with Crippen LogP contribution in [0.2, 0.25) is 0 Å².